The highest BCUT2D eigenvalue weighted by Gasteiger charge is 2.30. The highest BCUT2D eigenvalue weighted by molar-refractivity contribution is 5.82. The van der Waals surface area contributed by atoms with Crippen molar-refractivity contribution in [3.63, 3.8) is 0 Å². The lowest BCUT2D eigenvalue weighted by Gasteiger charge is -2.24. The van der Waals surface area contributed by atoms with E-state index in [-0.39, 0.29) is 12.1 Å². The third-order valence-electron chi connectivity index (χ3n) is 3.92. The molecule has 1 fully saturated rings. The summed E-state index contributed by atoms with van der Waals surface area (Å²) < 4.78 is 7.40. The van der Waals surface area contributed by atoms with E-state index in [0.29, 0.717) is 18.9 Å². The number of ether oxygens (including phenoxy) is 1. The van der Waals surface area contributed by atoms with E-state index in [1.165, 1.54) is 0 Å². The zero-order valence-electron chi connectivity index (χ0n) is 14.6. The molecule has 2 aromatic heterocycles. The van der Waals surface area contributed by atoms with Crippen LogP contribution in [0.5, 0.6) is 0 Å². The number of carbonyl (C=O) groups is 1. The van der Waals surface area contributed by atoms with Gasteiger partial charge in [-0.2, -0.15) is 0 Å². The van der Waals surface area contributed by atoms with Crippen LogP contribution in [-0.4, -0.2) is 55.2 Å². The van der Waals surface area contributed by atoms with Gasteiger partial charge in [-0.05, 0) is 34.1 Å². The average molecular weight is 332 g/mol. The molecule has 2 aromatic rings. The number of amides is 1. The van der Waals surface area contributed by atoms with Crippen molar-refractivity contribution < 1.29 is 9.53 Å². The van der Waals surface area contributed by atoms with Gasteiger partial charge >= 0.3 is 6.09 Å². The van der Waals surface area contributed by atoms with Gasteiger partial charge in [-0.1, -0.05) is 0 Å². The standard InChI is InChI=1S/C16H24N6O2/c1-5-21-10-19-12-13(17-9-18-14(12)21)20-11-6-7-22(8-11)15(23)24-16(2,3)4/h9-11H,5-8H2,1-4H3,(H,17,18,20). The quantitative estimate of drug-likeness (QED) is 0.928. The molecule has 24 heavy (non-hydrogen) atoms. The molecule has 3 rings (SSSR count). The summed E-state index contributed by atoms with van der Waals surface area (Å²) >= 11 is 0. The van der Waals surface area contributed by atoms with E-state index in [2.05, 4.69) is 20.3 Å². The fourth-order valence-corrected chi connectivity index (χ4v) is 2.78. The zero-order chi connectivity index (χ0) is 17.3. The topological polar surface area (TPSA) is 85.2 Å². The third-order valence-corrected chi connectivity index (χ3v) is 3.92. The van der Waals surface area contributed by atoms with E-state index in [1.54, 1.807) is 17.6 Å². The summed E-state index contributed by atoms with van der Waals surface area (Å²) in [4.78, 5) is 26.9. The molecule has 130 valence electrons. The minimum Gasteiger partial charge on any atom is -0.444 e. The van der Waals surface area contributed by atoms with E-state index in [4.69, 9.17) is 4.74 Å². The van der Waals surface area contributed by atoms with Crippen LogP contribution in [0.2, 0.25) is 0 Å². The Morgan fingerprint density at radius 1 is 1.38 bits per heavy atom. The number of aromatic nitrogens is 4. The maximum absolute atomic E-state index is 12.1. The van der Waals surface area contributed by atoms with Crippen LogP contribution >= 0.6 is 0 Å². The molecule has 0 spiro atoms. The van der Waals surface area contributed by atoms with E-state index in [1.807, 2.05) is 32.3 Å². The Morgan fingerprint density at radius 3 is 2.88 bits per heavy atom. The van der Waals surface area contributed by atoms with Crippen LogP contribution in [0.25, 0.3) is 11.2 Å². The lowest BCUT2D eigenvalue weighted by Crippen LogP contribution is -2.36. The van der Waals surface area contributed by atoms with E-state index in [0.717, 1.165) is 24.1 Å². The molecule has 1 N–H and O–H groups in total. The molecule has 1 saturated heterocycles. The maximum Gasteiger partial charge on any atom is 0.410 e. The van der Waals surface area contributed by atoms with Gasteiger partial charge in [0, 0.05) is 25.7 Å². The Kier molecular flexibility index (Phi) is 4.29. The number of carbonyl (C=O) groups excluding carboxylic acids is 1. The number of hydrogen-bond acceptors (Lipinski definition) is 6. The number of nitrogens with zero attached hydrogens (tertiary/aromatic N) is 5. The molecular formula is C16H24N6O2. The molecule has 8 heteroatoms. The van der Waals surface area contributed by atoms with Crippen molar-refractivity contribution in [1.82, 2.24) is 24.4 Å². The van der Waals surface area contributed by atoms with E-state index < -0.39 is 5.60 Å². The van der Waals surface area contributed by atoms with Crippen LogP contribution in [0, 0.1) is 0 Å². The number of aryl methyl sites for hydroxylation is 1. The van der Waals surface area contributed by atoms with Crippen LogP contribution < -0.4 is 5.32 Å². The molecule has 3 heterocycles. The summed E-state index contributed by atoms with van der Waals surface area (Å²) in [6.45, 7) is 9.74. The van der Waals surface area contributed by atoms with Gasteiger partial charge < -0.3 is 19.5 Å². The molecule has 1 aliphatic rings. The summed E-state index contributed by atoms with van der Waals surface area (Å²) in [5.41, 5.74) is 1.10. The fourth-order valence-electron chi connectivity index (χ4n) is 2.78. The highest BCUT2D eigenvalue weighted by Crippen LogP contribution is 2.22. The smallest absolute Gasteiger partial charge is 0.410 e. The molecule has 0 radical (unpaired) electrons. The lowest BCUT2D eigenvalue weighted by atomic mass is 10.2. The molecule has 0 aliphatic carbocycles. The second kappa shape index (κ2) is 6.26. The van der Waals surface area contributed by atoms with Crippen molar-refractivity contribution in [2.45, 2.75) is 52.3 Å². The molecular weight excluding hydrogens is 308 g/mol. The van der Waals surface area contributed by atoms with Crippen LogP contribution in [-0.2, 0) is 11.3 Å². The number of anilines is 1. The Balaban J connectivity index is 1.68. The summed E-state index contributed by atoms with van der Waals surface area (Å²) in [5.74, 6) is 0.711. The first-order valence-electron chi connectivity index (χ1n) is 8.27. The van der Waals surface area contributed by atoms with Gasteiger partial charge in [0.25, 0.3) is 0 Å². The van der Waals surface area contributed by atoms with Gasteiger partial charge in [-0.25, -0.2) is 19.7 Å². The fraction of sp³-hybridized carbons (Fsp3) is 0.625. The monoisotopic (exact) mass is 332 g/mol. The summed E-state index contributed by atoms with van der Waals surface area (Å²) in [6.07, 6.45) is 3.89. The molecule has 0 bridgehead atoms. The van der Waals surface area contributed by atoms with E-state index in [9.17, 15) is 4.79 Å². The molecule has 8 nitrogen and oxygen atoms in total. The van der Waals surface area contributed by atoms with Gasteiger partial charge in [0.05, 0.1) is 6.33 Å². The first kappa shape index (κ1) is 16.5. The summed E-state index contributed by atoms with van der Waals surface area (Å²) in [7, 11) is 0. The van der Waals surface area contributed by atoms with Crippen LogP contribution in [0.4, 0.5) is 10.6 Å². The normalized spacial score (nSPS) is 18.2. The number of nitrogens with one attached hydrogen (secondary N) is 1. The highest BCUT2D eigenvalue weighted by atomic mass is 16.6. The first-order valence-corrected chi connectivity index (χ1v) is 8.27. The number of fused-ring (bicyclic) bond motifs is 1. The second-order valence-electron chi connectivity index (χ2n) is 6.98. The summed E-state index contributed by atoms with van der Waals surface area (Å²) in [5, 5.41) is 3.39. The SMILES string of the molecule is CCn1cnc2c(NC3CCN(C(=O)OC(C)(C)C)C3)ncnc21. The van der Waals surface area contributed by atoms with Crippen molar-refractivity contribution in [1.29, 1.82) is 0 Å². The van der Waals surface area contributed by atoms with Crippen LogP contribution in [0.15, 0.2) is 12.7 Å². The minimum atomic E-state index is -0.478. The van der Waals surface area contributed by atoms with Gasteiger partial charge in [0.1, 0.15) is 17.4 Å². The van der Waals surface area contributed by atoms with Gasteiger partial charge in [0.15, 0.2) is 11.5 Å². The van der Waals surface area contributed by atoms with Crippen LogP contribution in [0.3, 0.4) is 0 Å². The van der Waals surface area contributed by atoms with Gasteiger partial charge in [-0.15, -0.1) is 0 Å². The Morgan fingerprint density at radius 2 is 2.17 bits per heavy atom. The largest absolute Gasteiger partial charge is 0.444 e. The maximum atomic E-state index is 12.1. The Hall–Kier alpha value is -2.38. The first-order chi connectivity index (χ1) is 11.4. The van der Waals surface area contributed by atoms with Crippen molar-refractivity contribution in [2.75, 3.05) is 18.4 Å². The number of hydrogen-bond donors (Lipinski definition) is 1. The lowest BCUT2D eigenvalue weighted by molar-refractivity contribution is 0.0293. The predicted molar refractivity (Wildman–Crippen MR) is 90.8 cm³/mol. The Bertz CT molecular complexity index is 736. The van der Waals surface area contributed by atoms with Crippen molar-refractivity contribution in [2.24, 2.45) is 0 Å². The van der Waals surface area contributed by atoms with E-state index >= 15 is 0 Å². The Labute approximate surface area is 141 Å². The molecule has 0 saturated carbocycles. The number of likely N-dealkylation sites (tertiary alicyclic amines) is 1. The van der Waals surface area contributed by atoms with Crippen molar-refractivity contribution in [3.8, 4) is 0 Å². The molecule has 1 amide bonds. The predicted octanol–water partition coefficient (Wildman–Crippen LogP) is 2.27. The number of imidazole rings is 1. The number of rotatable bonds is 3. The molecule has 1 aliphatic heterocycles. The zero-order valence-corrected chi connectivity index (χ0v) is 14.6. The molecule has 1 atom stereocenters. The van der Waals surface area contributed by atoms with Crippen LogP contribution in [0.1, 0.15) is 34.1 Å². The minimum absolute atomic E-state index is 0.127. The van der Waals surface area contributed by atoms with Crippen molar-refractivity contribution >= 4 is 23.1 Å². The summed E-state index contributed by atoms with van der Waals surface area (Å²) in [6, 6.07) is 0.127. The average Bonchev–Trinajstić information content (AvgIpc) is 3.12. The third kappa shape index (κ3) is 3.42. The molecule has 1 unspecified atom stereocenters. The second-order valence-corrected chi connectivity index (χ2v) is 6.98. The van der Waals surface area contributed by atoms with Crippen molar-refractivity contribution in [3.05, 3.63) is 12.7 Å². The molecule has 0 aromatic carbocycles. The van der Waals surface area contributed by atoms with Gasteiger partial charge in [0.2, 0.25) is 0 Å². The van der Waals surface area contributed by atoms with Gasteiger partial charge in [-0.3, -0.25) is 0 Å².